The van der Waals surface area contributed by atoms with E-state index in [0.29, 0.717) is 6.61 Å². The number of ether oxygens (including phenoxy) is 1. The van der Waals surface area contributed by atoms with Gasteiger partial charge in [0.15, 0.2) is 0 Å². The summed E-state index contributed by atoms with van der Waals surface area (Å²) in [7, 11) is 0. The predicted octanol–water partition coefficient (Wildman–Crippen LogP) is 2.87. The summed E-state index contributed by atoms with van der Waals surface area (Å²) in [4.78, 5) is 12.7. The Morgan fingerprint density at radius 2 is 2.05 bits per heavy atom. The molecule has 0 heterocycles. The number of nitrogens with zero attached hydrogens (tertiary/aromatic N) is 1. The van der Waals surface area contributed by atoms with Crippen LogP contribution in [0, 0.1) is 13.8 Å². The molecule has 4 nitrogen and oxygen atoms in total. The molecule has 1 aromatic carbocycles. The minimum atomic E-state index is -0.770. The number of aryl methyl sites for hydroxylation is 2. The topological polar surface area (TPSA) is 49.8 Å². The van der Waals surface area contributed by atoms with Crippen LogP contribution in [0.5, 0.6) is 5.75 Å². The molecule has 0 saturated heterocycles. The largest absolute Gasteiger partial charge is 0.493 e. The van der Waals surface area contributed by atoms with E-state index in [-0.39, 0.29) is 6.54 Å². The van der Waals surface area contributed by atoms with Gasteiger partial charge in [0.05, 0.1) is 13.2 Å². The van der Waals surface area contributed by atoms with Crippen molar-refractivity contribution in [2.75, 3.05) is 26.2 Å². The number of benzene rings is 1. The van der Waals surface area contributed by atoms with E-state index in [1.807, 2.05) is 24.8 Å². The molecule has 0 amide bonds. The fourth-order valence-electron chi connectivity index (χ4n) is 2.11. The quantitative estimate of drug-likeness (QED) is 0.706. The van der Waals surface area contributed by atoms with Crippen molar-refractivity contribution in [1.29, 1.82) is 0 Å². The molecule has 0 spiro atoms. The van der Waals surface area contributed by atoms with E-state index in [9.17, 15) is 4.79 Å². The molecule has 0 bridgehead atoms. The average molecular weight is 279 g/mol. The molecular weight excluding hydrogens is 254 g/mol. The van der Waals surface area contributed by atoms with E-state index in [1.54, 1.807) is 0 Å². The normalized spacial score (nSPS) is 10.8. The van der Waals surface area contributed by atoms with Gasteiger partial charge in [-0.3, -0.25) is 9.69 Å². The minimum absolute atomic E-state index is 0.108. The Morgan fingerprint density at radius 1 is 1.30 bits per heavy atom. The maximum atomic E-state index is 10.7. The Kier molecular flexibility index (Phi) is 7.09. The van der Waals surface area contributed by atoms with Crippen molar-refractivity contribution in [3.63, 3.8) is 0 Å². The highest BCUT2D eigenvalue weighted by molar-refractivity contribution is 5.69. The molecule has 0 fully saturated rings. The van der Waals surface area contributed by atoms with Crippen LogP contribution in [0.15, 0.2) is 18.2 Å². The van der Waals surface area contributed by atoms with E-state index in [1.165, 1.54) is 5.56 Å². The molecule has 20 heavy (non-hydrogen) atoms. The summed E-state index contributed by atoms with van der Waals surface area (Å²) in [5.74, 6) is 0.152. The van der Waals surface area contributed by atoms with E-state index < -0.39 is 5.97 Å². The van der Waals surface area contributed by atoms with Crippen molar-refractivity contribution in [1.82, 2.24) is 4.90 Å². The highest BCUT2D eigenvalue weighted by Gasteiger charge is 2.08. The lowest BCUT2D eigenvalue weighted by atomic mass is 10.1. The van der Waals surface area contributed by atoms with Crippen molar-refractivity contribution < 1.29 is 14.6 Å². The van der Waals surface area contributed by atoms with Crippen LogP contribution in [0.3, 0.4) is 0 Å². The molecule has 0 aromatic heterocycles. The fourth-order valence-corrected chi connectivity index (χ4v) is 2.11. The zero-order valence-corrected chi connectivity index (χ0v) is 12.7. The Labute approximate surface area is 121 Å². The summed E-state index contributed by atoms with van der Waals surface area (Å²) < 4.78 is 5.78. The summed E-state index contributed by atoms with van der Waals surface area (Å²) in [6, 6.07) is 6.16. The average Bonchev–Trinajstić information content (AvgIpc) is 2.38. The SMILES string of the molecule is CCCN(CCCOc1cc(C)ccc1C)CC(=O)O. The lowest BCUT2D eigenvalue weighted by molar-refractivity contribution is -0.138. The van der Waals surface area contributed by atoms with Crippen LogP contribution >= 0.6 is 0 Å². The van der Waals surface area contributed by atoms with E-state index in [0.717, 1.165) is 37.2 Å². The smallest absolute Gasteiger partial charge is 0.317 e. The van der Waals surface area contributed by atoms with Crippen LogP contribution in [0.2, 0.25) is 0 Å². The molecule has 0 radical (unpaired) electrons. The summed E-state index contributed by atoms with van der Waals surface area (Å²) >= 11 is 0. The van der Waals surface area contributed by atoms with Crippen LogP contribution in [0.4, 0.5) is 0 Å². The molecule has 0 unspecified atom stereocenters. The third-order valence-corrected chi connectivity index (χ3v) is 3.12. The number of carbonyl (C=O) groups is 1. The number of hydrogen-bond donors (Lipinski definition) is 1. The zero-order chi connectivity index (χ0) is 15.0. The predicted molar refractivity (Wildman–Crippen MR) is 80.4 cm³/mol. The molecule has 1 N–H and O–H groups in total. The van der Waals surface area contributed by atoms with Gasteiger partial charge in [0.1, 0.15) is 5.75 Å². The van der Waals surface area contributed by atoms with Crippen molar-refractivity contribution in [2.45, 2.75) is 33.6 Å². The van der Waals surface area contributed by atoms with Gasteiger partial charge in [0.2, 0.25) is 0 Å². The van der Waals surface area contributed by atoms with Crippen LogP contribution in [-0.4, -0.2) is 42.2 Å². The zero-order valence-electron chi connectivity index (χ0n) is 12.7. The molecule has 0 saturated carbocycles. The molecule has 0 atom stereocenters. The first-order valence-corrected chi connectivity index (χ1v) is 7.17. The van der Waals surface area contributed by atoms with Gasteiger partial charge < -0.3 is 9.84 Å². The Bertz CT molecular complexity index is 432. The first-order chi connectivity index (χ1) is 9.52. The second-order valence-electron chi connectivity index (χ2n) is 5.14. The second kappa shape index (κ2) is 8.59. The lowest BCUT2D eigenvalue weighted by Crippen LogP contribution is -2.32. The second-order valence-corrected chi connectivity index (χ2v) is 5.14. The first kappa shape index (κ1) is 16.5. The number of carboxylic acids is 1. The van der Waals surface area contributed by atoms with Gasteiger partial charge in [0.25, 0.3) is 0 Å². The van der Waals surface area contributed by atoms with Gasteiger partial charge in [-0.15, -0.1) is 0 Å². The fraction of sp³-hybridized carbons (Fsp3) is 0.562. The Morgan fingerprint density at radius 3 is 2.70 bits per heavy atom. The van der Waals surface area contributed by atoms with E-state index in [2.05, 4.69) is 19.1 Å². The van der Waals surface area contributed by atoms with E-state index in [4.69, 9.17) is 9.84 Å². The van der Waals surface area contributed by atoms with Gasteiger partial charge >= 0.3 is 5.97 Å². The molecule has 1 aromatic rings. The maximum Gasteiger partial charge on any atom is 0.317 e. The highest BCUT2D eigenvalue weighted by Crippen LogP contribution is 2.19. The van der Waals surface area contributed by atoms with Crippen LogP contribution in [-0.2, 0) is 4.79 Å². The third-order valence-electron chi connectivity index (χ3n) is 3.12. The summed E-state index contributed by atoms with van der Waals surface area (Å²) in [5, 5.41) is 8.84. The molecule has 112 valence electrons. The molecule has 1 rings (SSSR count). The van der Waals surface area contributed by atoms with Gasteiger partial charge in [-0.2, -0.15) is 0 Å². The van der Waals surface area contributed by atoms with Gasteiger partial charge in [-0.25, -0.2) is 0 Å². The number of aliphatic carboxylic acids is 1. The van der Waals surface area contributed by atoms with Crippen molar-refractivity contribution in [3.8, 4) is 5.75 Å². The van der Waals surface area contributed by atoms with Crippen molar-refractivity contribution in [3.05, 3.63) is 29.3 Å². The standard InChI is InChI=1S/C16H25NO3/c1-4-8-17(12-16(18)19)9-5-10-20-15-11-13(2)6-7-14(15)3/h6-7,11H,4-5,8-10,12H2,1-3H3,(H,18,19). The van der Waals surface area contributed by atoms with Crippen LogP contribution in [0.1, 0.15) is 30.9 Å². The summed E-state index contributed by atoms with van der Waals surface area (Å²) in [5.41, 5.74) is 2.32. The Balaban J connectivity index is 2.35. The third kappa shape index (κ3) is 6.06. The van der Waals surface area contributed by atoms with Gasteiger partial charge in [0, 0.05) is 6.54 Å². The molecule has 0 aliphatic carbocycles. The van der Waals surface area contributed by atoms with Gasteiger partial charge in [-0.05, 0) is 50.4 Å². The van der Waals surface area contributed by atoms with E-state index >= 15 is 0 Å². The minimum Gasteiger partial charge on any atom is -0.493 e. The first-order valence-electron chi connectivity index (χ1n) is 7.17. The van der Waals surface area contributed by atoms with Crippen molar-refractivity contribution in [2.24, 2.45) is 0 Å². The monoisotopic (exact) mass is 279 g/mol. The lowest BCUT2D eigenvalue weighted by Gasteiger charge is -2.19. The molecule has 0 aliphatic heterocycles. The highest BCUT2D eigenvalue weighted by atomic mass is 16.5. The number of hydrogen-bond acceptors (Lipinski definition) is 3. The summed E-state index contributed by atoms with van der Waals surface area (Å²) in [6.45, 7) is 8.43. The van der Waals surface area contributed by atoms with Crippen LogP contribution in [0.25, 0.3) is 0 Å². The maximum absolute atomic E-state index is 10.7. The number of rotatable bonds is 9. The molecule has 0 aliphatic rings. The van der Waals surface area contributed by atoms with Crippen LogP contribution < -0.4 is 4.74 Å². The molecule has 4 heteroatoms. The number of carboxylic acid groups (broad SMARTS) is 1. The summed E-state index contributed by atoms with van der Waals surface area (Å²) in [6.07, 6.45) is 1.80. The molecular formula is C16H25NO3. The van der Waals surface area contributed by atoms with Crippen molar-refractivity contribution >= 4 is 5.97 Å². The van der Waals surface area contributed by atoms with Gasteiger partial charge in [-0.1, -0.05) is 19.1 Å². The Hall–Kier alpha value is -1.55.